The summed E-state index contributed by atoms with van der Waals surface area (Å²) in [5.41, 5.74) is 5.02. The van der Waals surface area contributed by atoms with Crippen LogP contribution in [0.5, 0.6) is 0 Å². The van der Waals surface area contributed by atoms with Crippen molar-refractivity contribution in [3.63, 3.8) is 0 Å². The number of rotatable bonds is 7. The number of aryl methyl sites for hydroxylation is 3. The number of aromatic nitrogens is 1. The Hall–Kier alpha value is -2.29. The van der Waals surface area contributed by atoms with Crippen molar-refractivity contribution < 1.29 is 18.0 Å². The zero-order valence-corrected chi connectivity index (χ0v) is 19.8. The van der Waals surface area contributed by atoms with Gasteiger partial charge in [0.2, 0.25) is 10.0 Å². The van der Waals surface area contributed by atoms with E-state index in [-0.39, 0.29) is 18.1 Å². The molecule has 0 saturated carbocycles. The number of nitrogens with one attached hydrogen (secondary N) is 1. The molecule has 4 rings (SSSR count). The predicted molar refractivity (Wildman–Crippen MR) is 123 cm³/mol. The fraction of sp³-hybridized carbons (Fsp3) is 0.500. The minimum atomic E-state index is -3.53. The lowest BCUT2D eigenvalue weighted by Crippen LogP contribution is -2.49. The highest BCUT2D eigenvalue weighted by molar-refractivity contribution is 7.89. The van der Waals surface area contributed by atoms with Crippen LogP contribution in [0.15, 0.2) is 23.1 Å². The molecule has 1 aromatic heterocycles. The molecule has 0 radical (unpaired) electrons. The first kappa shape index (κ1) is 22.9. The minimum Gasteiger partial charge on any atom is -0.355 e. The number of carbonyl (C=O) groups is 2. The van der Waals surface area contributed by atoms with Gasteiger partial charge in [0.1, 0.15) is 0 Å². The Morgan fingerprint density at radius 1 is 1.06 bits per heavy atom. The Labute approximate surface area is 189 Å². The van der Waals surface area contributed by atoms with Crippen LogP contribution in [0.1, 0.15) is 63.5 Å². The molecule has 0 spiro atoms. The number of Topliss-reactive ketones (excluding diaryl/α,β-unsaturated/α-hetero) is 2. The van der Waals surface area contributed by atoms with Gasteiger partial charge < -0.3 is 4.98 Å². The summed E-state index contributed by atoms with van der Waals surface area (Å²) in [5, 5.41) is 0. The molecular weight excluding hydrogens is 426 g/mol. The molecule has 7 nitrogen and oxygen atoms in total. The van der Waals surface area contributed by atoms with Crippen LogP contribution in [0.25, 0.3) is 0 Å². The molecule has 172 valence electrons. The van der Waals surface area contributed by atoms with Crippen molar-refractivity contribution in [1.82, 2.24) is 14.2 Å². The molecule has 2 heterocycles. The molecule has 2 aromatic rings. The maximum absolute atomic E-state index is 13.1. The second-order valence-corrected chi connectivity index (χ2v) is 10.7. The molecule has 1 fully saturated rings. The average molecular weight is 458 g/mol. The molecule has 1 saturated heterocycles. The van der Waals surface area contributed by atoms with Gasteiger partial charge in [-0.25, -0.2) is 8.42 Å². The topological polar surface area (TPSA) is 90.6 Å². The SMILES string of the molecule is CCc1c(C(=O)CN2CCN(S(=O)(=O)c3ccc4c(c3)CCC4)CC2)[nH]c(C)c1C(C)=O. The zero-order valence-electron chi connectivity index (χ0n) is 19.0. The molecule has 0 atom stereocenters. The van der Waals surface area contributed by atoms with E-state index < -0.39 is 10.0 Å². The summed E-state index contributed by atoms with van der Waals surface area (Å²) >= 11 is 0. The fourth-order valence-corrected chi connectivity index (χ4v) is 6.49. The van der Waals surface area contributed by atoms with Gasteiger partial charge in [0.25, 0.3) is 0 Å². The van der Waals surface area contributed by atoms with E-state index in [4.69, 9.17) is 0 Å². The lowest BCUT2D eigenvalue weighted by atomic mass is 10.0. The van der Waals surface area contributed by atoms with Crippen LogP contribution < -0.4 is 0 Å². The zero-order chi connectivity index (χ0) is 23.0. The summed E-state index contributed by atoms with van der Waals surface area (Å²) < 4.78 is 27.8. The van der Waals surface area contributed by atoms with Crippen LogP contribution >= 0.6 is 0 Å². The van der Waals surface area contributed by atoms with Crippen molar-refractivity contribution in [2.75, 3.05) is 32.7 Å². The third kappa shape index (κ3) is 4.19. The number of nitrogens with zero attached hydrogens (tertiary/aromatic N) is 2. The Balaban J connectivity index is 1.42. The largest absolute Gasteiger partial charge is 0.355 e. The number of sulfonamides is 1. The molecule has 0 unspecified atom stereocenters. The third-order valence-electron chi connectivity index (χ3n) is 6.68. The lowest BCUT2D eigenvalue weighted by molar-refractivity contribution is 0.0896. The Kier molecular flexibility index (Phi) is 6.38. The number of ketones is 2. The number of piperazine rings is 1. The lowest BCUT2D eigenvalue weighted by Gasteiger charge is -2.33. The normalized spacial score (nSPS) is 17.5. The van der Waals surface area contributed by atoms with Crippen LogP contribution in [-0.4, -0.2) is 66.9 Å². The van der Waals surface area contributed by atoms with E-state index in [2.05, 4.69) is 4.98 Å². The summed E-state index contributed by atoms with van der Waals surface area (Å²) in [5.74, 6) is -0.104. The fourth-order valence-electron chi connectivity index (χ4n) is 5.01. The van der Waals surface area contributed by atoms with Crippen molar-refractivity contribution >= 4 is 21.6 Å². The maximum atomic E-state index is 13.1. The monoisotopic (exact) mass is 457 g/mol. The van der Waals surface area contributed by atoms with Crippen molar-refractivity contribution in [2.45, 2.75) is 51.3 Å². The second kappa shape index (κ2) is 8.92. The predicted octanol–water partition coefficient (Wildman–Crippen LogP) is 2.77. The minimum absolute atomic E-state index is 0.0416. The smallest absolute Gasteiger partial charge is 0.243 e. The molecule has 0 bridgehead atoms. The number of benzene rings is 1. The number of aromatic amines is 1. The van der Waals surface area contributed by atoms with E-state index in [0.29, 0.717) is 48.8 Å². The second-order valence-electron chi connectivity index (χ2n) is 8.78. The first-order valence-corrected chi connectivity index (χ1v) is 12.8. The van der Waals surface area contributed by atoms with E-state index >= 15 is 0 Å². The van der Waals surface area contributed by atoms with Gasteiger partial charge >= 0.3 is 0 Å². The highest BCUT2D eigenvalue weighted by Gasteiger charge is 2.31. The van der Waals surface area contributed by atoms with E-state index in [1.807, 2.05) is 30.9 Å². The van der Waals surface area contributed by atoms with Gasteiger partial charge in [-0.2, -0.15) is 4.31 Å². The number of hydrogen-bond donors (Lipinski definition) is 1. The van der Waals surface area contributed by atoms with Crippen LogP contribution in [0.4, 0.5) is 0 Å². The molecule has 32 heavy (non-hydrogen) atoms. The number of fused-ring (bicyclic) bond motifs is 1. The van der Waals surface area contributed by atoms with Crippen LogP contribution in [-0.2, 0) is 29.3 Å². The maximum Gasteiger partial charge on any atom is 0.243 e. The molecular formula is C24H31N3O4S. The van der Waals surface area contributed by atoms with Gasteiger partial charge in [-0.15, -0.1) is 0 Å². The van der Waals surface area contributed by atoms with Gasteiger partial charge in [-0.3, -0.25) is 14.5 Å². The van der Waals surface area contributed by atoms with Crippen LogP contribution in [0.3, 0.4) is 0 Å². The summed E-state index contributed by atoms with van der Waals surface area (Å²) in [7, 11) is -3.53. The van der Waals surface area contributed by atoms with Crippen molar-refractivity contribution in [2.24, 2.45) is 0 Å². The summed E-state index contributed by atoms with van der Waals surface area (Å²) in [4.78, 5) is 30.4. The standard InChI is InChI=1S/C24H31N3O4S/c1-4-21-23(17(3)28)16(2)25-24(21)22(29)15-26-10-12-27(13-11-26)32(30,31)20-9-8-18-6-5-7-19(18)14-20/h8-9,14,25H,4-7,10-13,15H2,1-3H3. The van der Waals surface area contributed by atoms with Gasteiger partial charge in [0, 0.05) is 37.4 Å². The highest BCUT2D eigenvalue weighted by atomic mass is 32.2. The van der Waals surface area contributed by atoms with Crippen molar-refractivity contribution in [3.8, 4) is 0 Å². The molecule has 8 heteroatoms. The van der Waals surface area contributed by atoms with E-state index in [1.54, 1.807) is 6.07 Å². The number of H-pyrrole nitrogens is 1. The first-order chi connectivity index (χ1) is 15.2. The third-order valence-corrected chi connectivity index (χ3v) is 8.58. The van der Waals surface area contributed by atoms with Crippen LogP contribution in [0.2, 0.25) is 0 Å². The highest BCUT2D eigenvalue weighted by Crippen LogP contribution is 2.27. The molecule has 1 aliphatic carbocycles. The number of hydrogen-bond acceptors (Lipinski definition) is 5. The molecule has 1 aromatic carbocycles. The molecule has 1 N–H and O–H groups in total. The summed E-state index contributed by atoms with van der Waals surface area (Å²) in [6, 6.07) is 5.50. The first-order valence-electron chi connectivity index (χ1n) is 11.3. The average Bonchev–Trinajstić information content (AvgIpc) is 3.37. The van der Waals surface area contributed by atoms with Gasteiger partial charge in [0.15, 0.2) is 11.6 Å². The van der Waals surface area contributed by atoms with E-state index in [1.165, 1.54) is 16.8 Å². The van der Waals surface area contributed by atoms with E-state index in [0.717, 1.165) is 36.1 Å². The van der Waals surface area contributed by atoms with Gasteiger partial charge in [0.05, 0.1) is 17.1 Å². The summed E-state index contributed by atoms with van der Waals surface area (Å²) in [6.45, 7) is 7.18. The van der Waals surface area contributed by atoms with E-state index in [9.17, 15) is 18.0 Å². The van der Waals surface area contributed by atoms with Gasteiger partial charge in [-0.05, 0) is 68.4 Å². The Morgan fingerprint density at radius 3 is 2.41 bits per heavy atom. The molecule has 0 amide bonds. The van der Waals surface area contributed by atoms with Crippen LogP contribution in [0, 0.1) is 6.92 Å². The van der Waals surface area contributed by atoms with Gasteiger partial charge in [-0.1, -0.05) is 13.0 Å². The molecule has 2 aliphatic rings. The summed E-state index contributed by atoms with van der Waals surface area (Å²) in [6.07, 6.45) is 3.65. The van der Waals surface area contributed by atoms with Crippen molar-refractivity contribution in [1.29, 1.82) is 0 Å². The van der Waals surface area contributed by atoms with Crippen molar-refractivity contribution in [3.05, 3.63) is 51.8 Å². The quantitative estimate of drug-likeness (QED) is 0.646. The number of carbonyl (C=O) groups excluding carboxylic acids is 2. The Bertz CT molecular complexity index is 1160. The Morgan fingerprint density at radius 2 is 1.75 bits per heavy atom. The molecule has 1 aliphatic heterocycles.